The van der Waals surface area contributed by atoms with Crippen molar-refractivity contribution in [1.29, 1.82) is 0 Å². The number of aliphatic hydroxyl groups excluding tert-OH is 1. The van der Waals surface area contributed by atoms with Gasteiger partial charge in [0.2, 0.25) is 0 Å². The highest BCUT2D eigenvalue weighted by molar-refractivity contribution is 5.72. The molecule has 0 aliphatic heterocycles. The van der Waals surface area contributed by atoms with Crippen LogP contribution in [0, 0.1) is 5.92 Å². The van der Waals surface area contributed by atoms with E-state index in [1.807, 2.05) is 0 Å². The van der Waals surface area contributed by atoms with Crippen LogP contribution in [0.3, 0.4) is 0 Å². The van der Waals surface area contributed by atoms with Gasteiger partial charge in [0, 0.05) is 6.61 Å². The lowest BCUT2D eigenvalue weighted by atomic mass is 10.5. The van der Waals surface area contributed by atoms with Crippen molar-refractivity contribution in [3.05, 3.63) is 0 Å². The first-order valence-electron chi connectivity index (χ1n) is 3.06. The summed E-state index contributed by atoms with van der Waals surface area (Å²) < 4.78 is 0. The minimum absolute atomic E-state index is 0.0185. The summed E-state index contributed by atoms with van der Waals surface area (Å²) in [6, 6.07) is 0. The van der Waals surface area contributed by atoms with Crippen molar-refractivity contribution in [1.82, 2.24) is 0 Å². The molecular weight excluding hydrogens is 120 g/mol. The van der Waals surface area contributed by atoms with Crippen molar-refractivity contribution in [2.24, 2.45) is 5.92 Å². The first-order chi connectivity index (χ1) is 4.22. The van der Waals surface area contributed by atoms with Gasteiger partial charge in [-0.3, -0.25) is 4.79 Å². The van der Waals surface area contributed by atoms with Gasteiger partial charge in [0.15, 0.2) is 0 Å². The molecule has 0 aromatic heterocycles. The van der Waals surface area contributed by atoms with Crippen molar-refractivity contribution in [3.63, 3.8) is 0 Å². The summed E-state index contributed by atoms with van der Waals surface area (Å²) in [7, 11) is 0. The number of aliphatic hydroxyl groups is 1. The number of hydrogen-bond acceptors (Lipinski definition) is 2. The molecule has 1 fully saturated rings. The van der Waals surface area contributed by atoms with Crippen LogP contribution in [0.5, 0.6) is 0 Å². The van der Waals surface area contributed by atoms with Crippen LogP contribution >= 0.6 is 0 Å². The van der Waals surface area contributed by atoms with Crippen LogP contribution in [0.25, 0.3) is 0 Å². The summed E-state index contributed by atoms with van der Waals surface area (Å²) in [5.74, 6) is -0.611. The fourth-order valence-electron chi connectivity index (χ4n) is 0.330. The second-order valence-corrected chi connectivity index (χ2v) is 1.93. The standard InChI is InChI=1S/C4H6O2.C2H6O/c5-4(6)3-1-2-3;1-2-3/h3H,1-2H2,(H,5,6);3H,2H2,1H3. The van der Waals surface area contributed by atoms with Crippen molar-refractivity contribution in [3.8, 4) is 0 Å². The first-order valence-corrected chi connectivity index (χ1v) is 3.06. The molecule has 2 N–H and O–H groups in total. The van der Waals surface area contributed by atoms with E-state index in [2.05, 4.69) is 0 Å². The Balaban J connectivity index is 0.000000187. The number of carboxylic acids is 1. The van der Waals surface area contributed by atoms with Crippen LogP contribution in [0.1, 0.15) is 19.8 Å². The Labute approximate surface area is 54.3 Å². The van der Waals surface area contributed by atoms with Gasteiger partial charge in [-0.25, -0.2) is 0 Å². The Kier molecular flexibility index (Phi) is 4.05. The third kappa shape index (κ3) is 5.30. The lowest BCUT2D eigenvalue weighted by Gasteiger charge is -1.75. The molecule has 0 atom stereocenters. The Morgan fingerprint density at radius 2 is 2.00 bits per heavy atom. The van der Waals surface area contributed by atoms with Crippen molar-refractivity contribution in [2.45, 2.75) is 19.8 Å². The molecule has 9 heavy (non-hydrogen) atoms. The second kappa shape index (κ2) is 4.32. The molecular formula is C6H12O3. The SMILES string of the molecule is CCO.O=C(O)C1CC1. The molecule has 54 valence electrons. The van der Waals surface area contributed by atoms with Crippen LogP contribution in [0.4, 0.5) is 0 Å². The zero-order valence-corrected chi connectivity index (χ0v) is 5.50. The fourth-order valence-corrected chi connectivity index (χ4v) is 0.330. The van der Waals surface area contributed by atoms with E-state index in [0.29, 0.717) is 0 Å². The Bertz CT molecular complexity index is 86.3. The van der Waals surface area contributed by atoms with Crippen molar-refractivity contribution >= 4 is 5.97 Å². The summed E-state index contributed by atoms with van der Waals surface area (Å²) >= 11 is 0. The normalized spacial score (nSPS) is 15.8. The molecule has 0 radical (unpaired) electrons. The summed E-state index contributed by atoms with van der Waals surface area (Å²) in [6.07, 6.45) is 1.80. The molecule has 0 amide bonds. The number of carbonyl (C=O) groups is 1. The minimum atomic E-state index is -0.630. The predicted octanol–water partition coefficient (Wildman–Crippen LogP) is 0.480. The summed E-state index contributed by atoms with van der Waals surface area (Å²) in [6.45, 7) is 1.93. The molecule has 1 saturated carbocycles. The lowest BCUT2D eigenvalue weighted by molar-refractivity contribution is -0.138. The molecule has 0 aromatic rings. The Morgan fingerprint density at radius 3 is 2.00 bits per heavy atom. The van der Waals surface area contributed by atoms with Crippen molar-refractivity contribution in [2.75, 3.05) is 6.61 Å². The van der Waals surface area contributed by atoms with Gasteiger partial charge in [-0.1, -0.05) is 0 Å². The van der Waals surface area contributed by atoms with Gasteiger partial charge < -0.3 is 10.2 Å². The van der Waals surface area contributed by atoms with E-state index in [0.717, 1.165) is 12.8 Å². The Hall–Kier alpha value is -0.570. The first kappa shape index (κ1) is 8.43. The maximum absolute atomic E-state index is 9.76. The van der Waals surface area contributed by atoms with Gasteiger partial charge in [-0.15, -0.1) is 0 Å². The average molecular weight is 132 g/mol. The van der Waals surface area contributed by atoms with Crippen LogP contribution in [0.15, 0.2) is 0 Å². The van der Waals surface area contributed by atoms with Gasteiger partial charge in [0.25, 0.3) is 0 Å². The third-order valence-electron chi connectivity index (χ3n) is 0.927. The van der Waals surface area contributed by atoms with Gasteiger partial charge in [-0.2, -0.15) is 0 Å². The van der Waals surface area contributed by atoms with E-state index in [9.17, 15) is 4.79 Å². The highest BCUT2D eigenvalue weighted by Crippen LogP contribution is 2.28. The number of carboxylic acid groups (broad SMARTS) is 1. The van der Waals surface area contributed by atoms with Gasteiger partial charge in [0.05, 0.1) is 5.92 Å². The largest absolute Gasteiger partial charge is 0.481 e. The molecule has 0 heterocycles. The van der Waals surface area contributed by atoms with E-state index < -0.39 is 5.97 Å². The van der Waals surface area contributed by atoms with E-state index in [1.54, 1.807) is 6.92 Å². The summed E-state index contributed by atoms with van der Waals surface area (Å²) in [4.78, 5) is 9.76. The van der Waals surface area contributed by atoms with Crippen LogP contribution < -0.4 is 0 Å². The summed E-state index contributed by atoms with van der Waals surface area (Å²) in [5.41, 5.74) is 0. The molecule has 0 spiro atoms. The van der Waals surface area contributed by atoms with Gasteiger partial charge >= 0.3 is 5.97 Å². The maximum Gasteiger partial charge on any atom is 0.306 e. The van der Waals surface area contributed by atoms with Crippen molar-refractivity contribution < 1.29 is 15.0 Å². The van der Waals surface area contributed by atoms with E-state index in [1.165, 1.54) is 0 Å². The minimum Gasteiger partial charge on any atom is -0.481 e. The molecule has 1 aliphatic rings. The highest BCUT2D eigenvalue weighted by atomic mass is 16.4. The van der Waals surface area contributed by atoms with E-state index in [-0.39, 0.29) is 12.5 Å². The number of rotatable bonds is 1. The molecule has 1 rings (SSSR count). The third-order valence-corrected chi connectivity index (χ3v) is 0.927. The molecule has 0 unspecified atom stereocenters. The number of aliphatic carboxylic acids is 1. The number of hydrogen-bond donors (Lipinski definition) is 2. The molecule has 1 aliphatic carbocycles. The monoisotopic (exact) mass is 132 g/mol. The van der Waals surface area contributed by atoms with Gasteiger partial charge in [0.1, 0.15) is 0 Å². The quantitative estimate of drug-likeness (QED) is 0.545. The average Bonchev–Trinajstić information content (AvgIpc) is 2.44. The molecule has 3 heteroatoms. The van der Waals surface area contributed by atoms with E-state index in [4.69, 9.17) is 10.2 Å². The Morgan fingerprint density at radius 1 is 1.67 bits per heavy atom. The molecule has 0 bridgehead atoms. The lowest BCUT2D eigenvalue weighted by Crippen LogP contribution is -1.94. The zero-order chi connectivity index (χ0) is 7.28. The zero-order valence-electron chi connectivity index (χ0n) is 5.50. The van der Waals surface area contributed by atoms with Gasteiger partial charge in [-0.05, 0) is 19.8 Å². The van der Waals surface area contributed by atoms with Crippen LogP contribution in [0.2, 0.25) is 0 Å². The smallest absolute Gasteiger partial charge is 0.306 e. The molecule has 0 aromatic carbocycles. The molecule has 0 saturated heterocycles. The fraction of sp³-hybridized carbons (Fsp3) is 0.833. The molecule has 3 nitrogen and oxygen atoms in total. The highest BCUT2D eigenvalue weighted by Gasteiger charge is 2.28. The van der Waals surface area contributed by atoms with Crippen LogP contribution in [-0.4, -0.2) is 22.8 Å². The predicted molar refractivity (Wildman–Crippen MR) is 33.1 cm³/mol. The maximum atomic E-state index is 9.76. The summed E-state index contributed by atoms with van der Waals surface area (Å²) in [5, 5.41) is 15.6. The van der Waals surface area contributed by atoms with E-state index >= 15 is 0 Å². The van der Waals surface area contributed by atoms with Crippen LogP contribution in [-0.2, 0) is 4.79 Å². The second-order valence-electron chi connectivity index (χ2n) is 1.93. The topological polar surface area (TPSA) is 57.5 Å².